The predicted octanol–water partition coefficient (Wildman–Crippen LogP) is 2.94. The summed E-state index contributed by atoms with van der Waals surface area (Å²) in [5.41, 5.74) is 7.16. The van der Waals surface area contributed by atoms with Gasteiger partial charge in [-0.05, 0) is 37.6 Å². The number of nitrogens with two attached hydrogens (primary N) is 1. The molecule has 0 aliphatic heterocycles. The fourth-order valence-electron chi connectivity index (χ4n) is 1.97. The number of benzene rings is 1. The van der Waals surface area contributed by atoms with E-state index in [9.17, 15) is 0 Å². The third-order valence-electron chi connectivity index (χ3n) is 2.93. The molecule has 0 bridgehead atoms. The largest absolute Gasteiger partial charge is 0.494 e. The van der Waals surface area contributed by atoms with E-state index in [1.165, 1.54) is 0 Å². The van der Waals surface area contributed by atoms with Crippen molar-refractivity contribution in [3.8, 4) is 17.4 Å². The van der Waals surface area contributed by atoms with E-state index in [0.29, 0.717) is 23.8 Å². The van der Waals surface area contributed by atoms with Gasteiger partial charge in [0.2, 0.25) is 5.88 Å². The molecular formula is C15H19N3O2S. The SMILES string of the molecule is CCCOc1ccc(Oc2c(C(N)=S)c(C)nn2C)cc1. The van der Waals surface area contributed by atoms with Crippen molar-refractivity contribution in [2.45, 2.75) is 20.3 Å². The molecule has 0 aliphatic rings. The summed E-state index contributed by atoms with van der Waals surface area (Å²) in [6.45, 7) is 4.62. The van der Waals surface area contributed by atoms with Crippen LogP contribution in [0.2, 0.25) is 0 Å². The van der Waals surface area contributed by atoms with Crippen LogP contribution < -0.4 is 15.2 Å². The Morgan fingerprint density at radius 2 is 1.90 bits per heavy atom. The van der Waals surface area contributed by atoms with E-state index in [2.05, 4.69) is 12.0 Å². The Hall–Kier alpha value is -2.08. The molecule has 2 aromatic rings. The summed E-state index contributed by atoms with van der Waals surface area (Å²) in [4.78, 5) is 0.276. The highest BCUT2D eigenvalue weighted by atomic mass is 32.1. The minimum Gasteiger partial charge on any atom is -0.494 e. The van der Waals surface area contributed by atoms with Crippen LogP contribution >= 0.6 is 12.2 Å². The van der Waals surface area contributed by atoms with E-state index in [0.717, 1.165) is 17.9 Å². The van der Waals surface area contributed by atoms with Gasteiger partial charge in [0, 0.05) is 7.05 Å². The molecule has 0 unspecified atom stereocenters. The molecule has 6 heteroatoms. The number of thiocarbonyl (C=S) groups is 1. The van der Waals surface area contributed by atoms with E-state index in [-0.39, 0.29) is 4.99 Å². The first-order valence-electron chi connectivity index (χ1n) is 6.77. The Balaban J connectivity index is 2.20. The van der Waals surface area contributed by atoms with Gasteiger partial charge in [-0.1, -0.05) is 19.1 Å². The van der Waals surface area contributed by atoms with Gasteiger partial charge in [0.15, 0.2) is 0 Å². The second kappa shape index (κ2) is 6.58. The molecule has 1 aromatic heterocycles. The molecule has 0 aliphatic carbocycles. The predicted molar refractivity (Wildman–Crippen MR) is 86.1 cm³/mol. The third kappa shape index (κ3) is 3.52. The highest BCUT2D eigenvalue weighted by Crippen LogP contribution is 2.28. The molecular weight excluding hydrogens is 286 g/mol. The molecule has 5 nitrogen and oxygen atoms in total. The first kappa shape index (κ1) is 15.3. The topological polar surface area (TPSA) is 62.3 Å². The first-order valence-corrected chi connectivity index (χ1v) is 7.17. The molecule has 0 amide bonds. The number of aromatic nitrogens is 2. The van der Waals surface area contributed by atoms with Gasteiger partial charge >= 0.3 is 0 Å². The average molecular weight is 305 g/mol. The lowest BCUT2D eigenvalue weighted by Crippen LogP contribution is -2.11. The molecule has 0 fully saturated rings. The minimum absolute atomic E-state index is 0.276. The summed E-state index contributed by atoms with van der Waals surface area (Å²) in [5.74, 6) is 2.04. The Kier molecular flexibility index (Phi) is 4.80. The van der Waals surface area contributed by atoms with Crippen LogP contribution in [0.25, 0.3) is 0 Å². The zero-order valence-electron chi connectivity index (χ0n) is 12.4. The van der Waals surface area contributed by atoms with Crippen LogP contribution in [0.15, 0.2) is 24.3 Å². The van der Waals surface area contributed by atoms with Crippen molar-refractivity contribution in [1.29, 1.82) is 0 Å². The van der Waals surface area contributed by atoms with Crippen LogP contribution in [0.1, 0.15) is 24.6 Å². The summed E-state index contributed by atoms with van der Waals surface area (Å²) >= 11 is 5.06. The van der Waals surface area contributed by atoms with Gasteiger partial charge in [-0.3, -0.25) is 0 Å². The monoisotopic (exact) mass is 305 g/mol. The number of aryl methyl sites for hydroxylation is 2. The summed E-state index contributed by atoms with van der Waals surface area (Å²) in [6.07, 6.45) is 0.976. The molecule has 0 spiro atoms. The summed E-state index contributed by atoms with van der Waals surface area (Å²) in [5, 5.41) is 4.29. The Morgan fingerprint density at radius 3 is 2.48 bits per heavy atom. The third-order valence-corrected chi connectivity index (χ3v) is 3.13. The van der Waals surface area contributed by atoms with Crippen LogP contribution in [0.3, 0.4) is 0 Å². The highest BCUT2D eigenvalue weighted by Gasteiger charge is 2.17. The van der Waals surface area contributed by atoms with E-state index in [4.69, 9.17) is 27.4 Å². The quantitative estimate of drug-likeness (QED) is 0.831. The molecule has 0 atom stereocenters. The van der Waals surface area contributed by atoms with Crippen LogP contribution in [0.4, 0.5) is 0 Å². The maximum Gasteiger partial charge on any atom is 0.228 e. The molecule has 112 valence electrons. The lowest BCUT2D eigenvalue weighted by Gasteiger charge is -2.09. The Labute approximate surface area is 129 Å². The second-order valence-electron chi connectivity index (χ2n) is 4.68. The number of hydrogen-bond donors (Lipinski definition) is 1. The van der Waals surface area contributed by atoms with E-state index >= 15 is 0 Å². The van der Waals surface area contributed by atoms with Crippen molar-refractivity contribution < 1.29 is 9.47 Å². The normalized spacial score (nSPS) is 10.4. The number of ether oxygens (including phenoxy) is 2. The van der Waals surface area contributed by atoms with Crippen molar-refractivity contribution in [3.63, 3.8) is 0 Å². The van der Waals surface area contributed by atoms with Crippen molar-refractivity contribution >= 4 is 17.2 Å². The zero-order valence-corrected chi connectivity index (χ0v) is 13.2. The van der Waals surface area contributed by atoms with Gasteiger partial charge in [-0.15, -0.1) is 0 Å². The van der Waals surface area contributed by atoms with Gasteiger partial charge in [0.05, 0.1) is 17.9 Å². The van der Waals surface area contributed by atoms with Crippen molar-refractivity contribution in [1.82, 2.24) is 9.78 Å². The van der Waals surface area contributed by atoms with Crippen molar-refractivity contribution in [2.24, 2.45) is 12.8 Å². The minimum atomic E-state index is 0.276. The van der Waals surface area contributed by atoms with Gasteiger partial charge < -0.3 is 15.2 Å². The number of nitrogens with zero attached hydrogens (tertiary/aromatic N) is 2. The van der Waals surface area contributed by atoms with Gasteiger partial charge in [-0.2, -0.15) is 5.10 Å². The van der Waals surface area contributed by atoms with Gasteiger partial charge in [0.25, 0.3) is 0 Å². The molecule has 1 aromatic carbocycles. The fraction of sp³-hybridized carbons (Fsp3) is 0.333. The van der Waals surface area contributed by atoms with Gasteiger partial charge in [-0.25, -0.2) is 4.68 Å². The molecule has 2 rings (SSSR count). The smallest absolute Gasteiger partial charge is 0.228 e. The summed E-state index contributed by atoms with van der Waals surface area (Å²) < 4.78 is 13.0. The van der Waals surface area contributed by atoms with Crippen LogP contribution in [0.5, 0.6) is 17.4 Å². The molecule has 21 heavy (non-hydrogen) atoms. The number of hydrogen-bond acceptors (Lipinski definition) is 4. The fourth-order valence-corrected chi connectivity index (χ4v) is 2.21. The molecule has 0 radical (unpaired) electrons. The molecule has 2 N–H and O–H groups in total. The zero-order chi connectivity index (χ0) is 15.4. The van der Waals surface area contributed by atoms with Crippen molar-refractivity contribution in [3.05, 3.63) is 35.5 Å². The van der Waals surface area contributed by atoms with Crippen LogP contribution in [-0.4, -0.2) is 21.4 Å². The summed E-state index contributed by atoms with van der Waals surface area (Å²) in [6, 6.07) is 7.43. The lowest BCUT2D eigenvalue weighted by molar-refractivity contribution is 0.317. The second-order valence-corrected chi connectivity index (χ2v) is 5.12. The number of rotatable bonds is 6. The Bertz CT molecular complexity index is 635. The standard InChI is InChI=1S/C15H19N3O2S/c1-4-9-19-11-5-7-12(8-6-11)20-15-13(14(16)21)10(2)17-18(15)3/h5-8H,4,9H2,1-3H3,(H2,16,21). The van der Waals surface area contributed by atoms with Gasteiger partial charge in [0.1, 0.15) is 16.5 Å². The maximum absolute atomic E-state index is 5.86. The van der Waals surface area contributed by atoms with Crippen LogP contribution in [0, 0.1) is 6.92 Å². The van der Waals surface area contributed by atoms with Crippen molar-refractivity contribution in [2.75, 3.05) is 6.61 Å². The maximum atomic E-state index is 5.86. The molecule has 0 saturated heterocycles. The molecule has 1 heterocycles. The lowest BCUT2D eigenvalue weighted by atomic mass is 10.2. The van der Waals surface area contributed by atoms with E-state index < -0.39 is 0 Å². The summed E-state index contributed by atoms with van der Waals surface area (Å²) in [7, 11) is 1.79. The van der Waals surface area contributed by atoms with Crippen LogP contribution in [-0.2, 0) is 7.05 Å². The average Bonchev–Trinajstić information content (AvgIpc) is 2.72. The highest BCUT2D eigenvalue weighted by molar-refractivity contribution is 7.80. The van der Waals surface area contributed by atoms with E-state index in [1.807, 2.05) is 31.2 Å². The Morgan fingerprint density at radius 1 is 1.29 bits per heavy atom. The molecule has 0 saturated carbocycles. The van der Waals surface area contributed by atoms with E-state index in [1.54, 1.807) is 11.7 Å². The first-order chi connectivity index (χ1) is 10.0.